The van der Waals surface area contributed by atoms with Crippen molar-refractivity contribution in [2.24, 2.45) is 4.99 Å². The average Bonchev–Trinajstić information content (AvgIpc) is 3.90. The highest BCUT2D eigenvalue weighted by atomic mass is 15.3. The van der Waals surface area contributed by atoms with Crippen molar-refractivity contribution in [2.45, 2.75) is 25.4 Å². The molecule has 0 radical (unpaired) electrons. The summed E-state index contributed by atoms with van der Waals surface area (Å²) in [7, 11) is 2.26. The third kappa shape index (κ3) is 4.86. The molecule has 294 valence electrons. The van der Waals surface area contributed by atoms with Crippen LogP contribution in [0.1, 0.15) is 36.7 Å². The normalized spacial score (nSPS) is 16.0. The summed E-state index contributed by atoms with van der Waals surface area (Å²) >= 11 is 0. The summed E-state index contributed by atoms with van der Waals surface area (Å²) in [5.74, 6) is 0.960. The molecule has 0 bridgehead atoms. The highest BCUT2D eigenvalue weighted by Crippen LogP contribution is 2.56. The number of allylic oxidation sites excluding steroid dienone is 1. The summed E-state index contributed by atoms with van der Waals surface area (Å²) in [6.45, 7) is 4.74. The molecule has 0 fully saturated rings. The summed E-state index contributed by atoms with van der Waals surface area (Å²) < 4.78 is 5.03. The van der Waals surface area contributed by atoms with Gasteiger partial charge in [0.2, 0.25) is 0 Å². The van der Waals surface area contributed by atoms with Crippen LogP contribution in [-0.2, 0) is 5.41 Å². The largest absolute Gasteiger partial charge is 0.334 e. The third-order valence-electron chi connectivity index (χ3n) is 13.9. The first kappa shape index (κ1) is 35.1. The van der Waals surface area contributed by atoms with Gasteiger partial charge in [0.15, 0.2) is 0 Å². The zero-order valence-electron chi connectivity index (χ0n) is 34.8. The van der Waals surface area contributed by atoms with Crippen molar-refractivity contribution < 1.29 is 0 Å². The monoisotopic (exact) mass is 794 g/mol. The van der Waals surface area contributed by atoms with Crippen molar-refractivity contribution in [2.75, 3.05) is 7.05 Å². The Morgan fingerprint density at radius 1 is 0.468 bits per heavy atom. The molecule has 62 heavy (non-hydrogen) atoms. The van der Waals surface area contributed by atoms with E-state index in [4.69, 9.17) is 4.99 Å². The fourth-order valence-corrected chi connectivity index (χ4v) is 11.0. The molecule has 1 atom stereocenters. The maximum Gasteiger partial charge on any atom is 0.137 e. The van der Waals surface area contributed by atoms with Gasteiger partial charge in [-0.1, -0.05) is 159 Å². The summed E-state index contributed by atoms with van der Waals surface area (Å²) in [6, 6.07) is 71.4. The summed E-state index contributed by atoms with van der Waals surface area (Å²) in [5.41, 5.74) is 14.0. The minimum Gasteiger partial charge on any atom is -0.334 e. The van der Waals surface area contributed by atoms with Crippen LogP contribution in [0.15, 0.2) is 205 Å². The summed E-state index contributed by atoms with van der Waals surface area (Å²) in [4.78, 5) is 8.30. The lowest BCUT2D eigenvalue weighted by molar-refractivity contribution is 0.356. The summed E-state index contributed by atoms with van der Waals surface area (Å²) in [6.07, 6.45) is -0.210. The van der Waals surface area contributed by atoms with Crippen LogP contribution in [0.25, 0.3) is 87.5 Å². The lowest BCUT2D eigenvalue weighted by Crippen LogP contribution is -2.39. The predicted molar refractivity (Wildman–Crippen MR) is 260 cm³/mol. The number of aliphatic imine (C=N–C) groups is 1. The Hall–Kier alpha value is -7.69. The Morgan fingerprint density at radius 2 is 1.13 bits per heavy atom. The number of likely N-dealkylation sites (N-methyl/N-ethyl adjacent to an activating group) is 1. The smallest absolute Gasteiger partial charge is 0.137 e. The molecule has 2 aliphatic rings. The van der Waals surface area contributed by atoms with E-state index in [1.165, 1.54) is 93.0 Å². The van der Waals surface area contributed by atoms with Crippen LogP contribution in [0.5, 0.6) is 0 Å². The van der Waals surface area contributed by atoms with Crippen LogP contribution >= 0.6 is 0 Å². The lowest BCUT2D eigenvalue weighted by Gasteiger charge is -2.39. The molecular formula is C58H42N4. The van der Waals surface area contributed by atoms with E-state index in [9.17, 15) is 0 Å². The fourth-order valence-electron chi connectivity index (χ4n) is 11.0. The second kappa shape index (κ2) is 12.9. The van der Waals surface area contributed by atoms with E-state index < -0.39 is 0 Å². The highest BCUT2D eigenvalue weighted by Gasteiger charge is 2.46. The van der Waals surface area contributed by atoms with Gasteiger partial charge in [0.25, 0.3) is 0 Å². The molecule has 2 aromatic heterocycles. The van der Waals surface area contributed by atoms with Gasteiger partial charge < -0.3 is 14.0 Å². The van der Waals surface area contributed by atoms with E-state index in [1.54, 1.807) is 0 Å². The van der Waals surface area contributed by atoms with Gasteiger partial charge >= 0.3 is 0 Å². The first-order valence-corrected chi connectivity index (χ1v) is 21.6. The molecule has 0 saturated carbocycles. The number of aromatic nitrogens is 2. The van der Waals surface area contributed by atoms with Crippen molar-refractivity contribution in [1.82, 2.24) is 14.0 Å². The number of hydrogen-bond donors (Lipinski definition) is 0. The van der Waals surface area contributed by atoms with Gasteiger partial charge in [-0.3, -0.25) is 0 Å². The van der Waals surface area contributed by atoms with Gasteiger partial charge in [0.1, 0.15) is 12.0 Å². The molecule has 9 aromatic carbocycles. The minimum absolute atomic E-state index is 0.210. The van der Waals surface area contributed by atoms with Crippen molar-refractivity contribution in [3.05, 3.63) is 217 Å². The quantitative estimate of drug-likeness (QED) is 0.174. The Bertz CT molecular complexity index is 3730. The van der Waals surface area contributed by atoms with Gasteiger partial charge in [-0.15, -0.1) is 0 Å². The fraction of sp³-hybridized carbons (Fsp3) is 0.0862. The average molecular weight is 795 g/mol. The van der Waals surface area contributed by atoms with Crippen LogP contribution in [0.2, 0.25) is 0 Å². The van der Waals surface area contributed by atoms with E-state index in [0.29, 0.717) is 0 Å². The molecule has 1 aliphatic heterocycles. The third-order valence-corrected chi connectivity index (χ3v) is 13.9. The van der Waals surface area contributed by atoms with Gasteiger partial charge in [-0.25, -0.2) is 4.99 Å². The first-order valence-electron chi connectivity index (χ1n) is 21.6. The number of nitrogens with zero attached hydrogens (tertiary/aromatic N) is 4. The topological polar surface area (TPSA) is 25.5 Å². The van der Waals surface area contributed by atoms with E-state index in [2.05, 4.69) is 229 Å². The maximum absolute atomic E-state index is 5.85. The van der Waals surface area contributed by atoms with Crippen molar-refractivity contribution in [3.8, 4) is 16.8 Å². The minimum atomic E-state index is -0.374. The van der Waals surface area contributed by atoms with Crippen molar-refractivity contribution >= 4 is 76.6 Å². The molecule has 4 heteroatoms. The number of para-hydroxylation sites is 2. The van der Waals surface area contributed by atoms with Gasteiger partial charge in [0, 0.05) is 50.8 Å². The SMILES string of the molecule is CN1C(c2ccc3c4ccccc4n(-c4ccccc4)c3c2)=NC2=C(c3ccc(-c4ccccc4)cc3C2(C)C)C1n1c2cc3ccccc3cc2c2c3ccccc3ccc21. The number of fused-ring (bicyclic) bond motifs is 11. The maximum atomic E-state index is 5.85. The van der Waals surface area contributed by atoms with E-state index >= 15 is 0 Å². The molecule has 0 amide bonds. The molecule has 1 aliphatic carbocycles. The zero-order chi connectivity index (χ0) is 41.3. The standard InChI is InChI=1S/C58H42N4/c1-58(2)48-33-40(36-16-6-4-7-17-36)26-30-46(48)54-55(58)59-56(41-27-29-45-44-24-14-15-25-49(44)61(51(45)35-41)42-21-8-5-9-22-42)60(3)57(54)62-50-31-28-37-18-12-13-23-43(37)53(50)47-32-38-19-10-11-20-39(38)34-52(47)62/h4-35,57H,1-3H3. The van der Waals surface area contributed by atoms with Gasteiger partial charge in [0.05, 0.1) is 27.8 Å². The van der Waals surface area contributed by atoms with E-state index in [1.807, 2.05) is 0 Å². The van der Waals surface area contributed by atoms with Crippen molar-refractivity contribution in [3.63, 3.8) is 0 Å². The zero-order valence-corrected chi connectivity index (χ0v) is 34.8. The van der Waals surface area contributed by atoms with Crippen LogP contribution < -0.4 is 0 Å². The van der Waals surface area contributed by atoms with E-state index in [-0.39, 0.29) is 11.6 Å². The van der Waals surface area contributed by atoms with Crippen LogP contribution in [0.3, 0.4) is 0 Å². The molecule has 3 heterocycles. The molecule has 4 nitrogen and oxygen atoms in total. The number of benzene rings is 9. The number of hydrogen-bond acceptors (Lipinski definition) is 2. The van der Waals surface area contributed by atoms with Crippen molar-refractivity contribution in [1.29, 1.82) is 0 Å². The van der Waals surface area contributed by atoms with Crippen LogP contribution in [0, 0.1) is 0 Å². The Balaban J connectivity index is 1.12. The van der Waals surface area contributed by atoms with Gasteiger partial charge in [-0.2, -0.15) is 0 Å². The van der Waals surface area contributed by atoms with Crippen LogP contribution in [0.4, 0.5) is 0 Å². The van der Waals surface area contributed by atoms with Crippen LogP contribution in [-0.4, -0.2) is 26.9 Å². The molecule has 0 spiro atoms. The molecule has 1 unspecified atom stereocenters. The highest BCUT2D eigenvalue weighted by molar-refractivity contribution is 6.23. The van der Waals surface area contributed by atoms with E-state index in [0.717, 1.165) is 22.8 Å². The number of rotatable bonds is 4. The Labute approximate surface area is 359 Å². The first-order chi connectivity index (χ1) is 30.4. The molecule has 0 N–H and O–H groups in total. The molecular weight excluding hydrogens is 753 g/mol. The van der Waals surface area contributed by atoms with Gasteiger partial charge in [-0.05, 0) is 92.3 Å². The second-order valence-corrected chi connectivity index (χ2v) is 17.6. The Morgan fingerprint density at radius 3 is 1.94 bits per heavy atom. The summed E-state index contributed by atoms with van der Waals surface area (Å²) in [5, 5.41) is 10.0. The second-order valence-electron chi connectivity index (χ2n) is 17.6. The molecule has 0 saturated heterocycles. The molecule has 13 rings (SSSR count). The number of amidine groups is 1. The molecule has 11 aromatic rings. The predicted octanol–water partition coefficient (Wildman–Crippen LogP) is 14.5. The Kier molecular flexibility index (Phi) is 7.31. The lowest BCUT2D eigenvalue weighted by atomic mass is 9.83.